The Bertz CT molecular complexity index is 307. The molecule has 0 fully saturated rings. The molecular formula is C9H11FN2. The van der Waals surface area contributed by atoms with Crippen molar-refractivity contribution in [2.24, 2.45) is 0 Å². The summed E-state index contributed by atoms with van der Waals surface area (Å²) in [5, 5.41) is 2.76. The van der Waals surface area contributed by atoms with Crippen LogP contribution in [0.1, 0.15) is 6.92 Å². The van der Waals surface area contributed by atoms with Gasteiger partial charge in [0.1, 0.15) is 5.82 Å². The molecule has 0 heterocycles. The maximum Gasteiger partial charge on any atom is 0.146 e. The summed E-state index contributed by atoms with van der Waals surface area (Å²) in [6, 6.07) is 4.36. The largest absolute Gasteiger partial charge is 0.399 e. The number of hydrogen-bond acceptors (Lipinski definition) is 2. The molecule has 1 aromatic rings. The van der Waals surface area contributed by atoms with Crippen LogP contribution in [-0.2, 0) is 0 Å². The zero-order chi connectivity index (χ0) is 9.14. The first-order valence-electron chi connectivity index (χ1n) is 3.57. The van der Waals surface area contributed by atoms with Crippen molar-refractivity contribution in [1.82, 2.24) is 0 Å². The van der Waals surface area contributed by atoms with Crippen LogP contribution in [-0.4, -0.2) is 0 Å². The van der Waals surface area contributed by atoms with Crippen molar-refractivity contribution >= 4 is 11.4 Å². The van der Waals surface area contributed by atoms with Gasteiger partial charge in [-0.05, 0) is 25.1 Å². The normalized spacial score (nSPS) is 9.50. The second-order valence-electron chi connectivity index (χ2n) is 2.64. The van der Waals surface area contributed by atoms with Gasteiger partial charge in [-0.1, -0.05) is 6.58 Å². The highest BCUT2D eigenvalue weighted by Gasteiger charge is 2.00. The van der Waals surface area contributed by atoms with E-state index in [1.807, 2.05) is 0 Å². The first kappa shape index (κ1) is 8.59. The lowest BCUT2D eigenvalue weighted by molar-refractivity contribution is 0.631. The van der Waals surface area contributed by atoms with Crippen LogP contribution in [0, 0.1) is 5.82 Å². The summed E-state index contributed by atoms with van der Waals surface area (Å²) in [5.41, 5.74) is 7.04. The van der Waals surface area contributed by atoms with Gasteiger partial charge in [-0.25, -0.2) is 4.39 Å². The molecule has 0 aromatic heterocycles. The Morgan fingerprint density at radius 3 is 2.83 bits per heavy atom. The summed E-state index contributed by atoms with van der Waals surface area (Å²) in [5.74, 6) is -0.327. The molecule has 0 saturated heterocycles. The van der Waals surface area contributed by atoms with Crippen LogP contribution in [0.15, 0.2) is 30.5 Å². The van der Waals surface area contributed by atoms with Gasteiger partial charge in [-0.3, -0.25) is 0 Å². The van der Waals surface area contributed by atoms with Crippen molar-refractivity contribution < 1.29 is 4.39 Å². The minimum Gasteiger partial charge on any atom is -0.399 e. The van der Waals surface area contributed by atoms with Crippen LogP contribution in [0.3, 0.4) is 0 Å². The molecular weight excluding hydrogens is 155 g/mol. The zero-order valence-corrected chi connectivity index (χ0v) is 6.89. The van der Waals surface area contributed by atoms with Crippen molar-refractivity contribution in [3.8, 4) is 0 Å². The van der Waals surface area contributed by atoms with Crippen molar-refractivity contribution in [2.75, 3.05) is 11.1 Å². The third-order valence-corrected chi connectivity index (χ3v) is 1.34. The minimum absolute atomic E-state index is 0.327. The Morgan fingerprint density at radius 2 is 2.25 bits per heavy atom. The maximum absolute atomic E-state index is 13.0. The van der Waals surface area contributed by atoms with E-state index in [0.717, 1.165) is 0 Å². The highest BCUT2D eigenvalue weighted by atomic mass is 19.1. The summed E-state index contributed by atoms with van der Waals surface area (Å²) in [7, 11) is 0. The van der Waals surface area contributed by atoms with Crippen LogP contribution < -0.4 is 11.1 Å². The van der Waals surface area contributed by atoms with E-state index in [9.17, 15) is 4.39 Å². The van der Waals surface area contributed by atoms with Crippen LogP contribution in [0.4, 0.5) is 15.8 Å². The van der Waals surface area contributed by atoms with Gasteiger partial charge in [0.05, 0.1) is 5.69 Å². The Kier molecular flexibility index (Phi) is 2.33. The van der Waals surface area contributed by atoms with E-state index in [-0.39, 0.29) is 5.82 Å². The van der Waals surface area contributed by atoms with Gasteiger partial charge >= 0.3 is 0 Å². The predicted octanol–water partition coefficient (Wildman–Crippen LogP) is 2.35. The molecule has 0 saturated carbocycles. The molecule has 0 spiro atoms. The number of nitrogens with two attached hydrogens (primary N) is 1. The van der Waals surface area contributed by atoms with Gasteiger partial charge in [0, 0.05) is 11.4 Å². The second kappa shape index (κ2) is 3.26. The smallest absolute Gasteiger partial charge is 0.146 e. The molecule has 0 unspecified atom stereocenters. The molecule has 0 atom stereocenters. The Morgan fingerprint density at radius 1 is 1.58 bits per heavy atom. The van der Waals surface area contributed by atoms with Crippen LogP contribution >= 0.6 is 0 Å². The van der Waals surface area contributed by atoms with E-state index in [1.165, 1.54) is 18.2 Å². The van der Waals surface area contributed by atoms with Gasteiger partial charge in [0.15, 0.2) is 0 Å². The molecule has 3 N–H and O–H groups in total. The monoisotopic (exact) mass is 166 g/mol. The first-order chi connectivity index (χ1) is 5.59. The second-order valence-corrected chi connectivity index (χ2v) is 2.64. The van der Waals surface area contributed by atoms with E-state index in [4.69, 9.17) is 5.73 Å². The molecule has 3 heteroatoms. The maximum atomic E-state index is 13.0. The van der Waals surface area contributed by atoms with Crippen LogP contribution in [0.5, 0.6) is 0 Å². The summed E-state index contributed by atoms with van der Waals surface area (Å²) in [6.45, 7) is 5.36. The van der Waals surface area contributed by atoms with Gasteiger partial charge in [0.25, 0.3) is 0 Å². The Labute approximate surface area is 70.9 Å². The number of hydrogen-bond donors (Lipinski definition) is 2. The van der Waals surface area contributed by atoms with Gasteiger partial charge in [-0.15, -0.1) is 0 Å². The average Bonchev–Trinajstić information content (AvgIpc) is 1.96. The fourth-order valence-electron chi connectivity index (χ4n) is 0.869. The Hall–Kier alpha value is -1.51. The molecule has 1 aromatic carbocycles. The third-order valence-electron chi connectivity index (χ3n) is 1.34. The quantitative estimate of drug-likeness (QED) is 0.662. The fourth-order valence-corrected chi connectivity index (χ4v) is 0.869. The number of nitrogen functional groups attached to an aromatic ring is 1. The molecule has 0 aliphatic rings. The molecule has 2 nitrogen and oxygen atoms in total. The van der Waals surface area contributed by atoms with E-state index in [2.05, 4.69) is 11.9 Å². The van der Waals surface area contributed by atoms with Crippen molar-refractivity contribution in [3.05, 3.63) is 36.3 Å². The summed E-state index contributed by atoms with van der Waals surface area (Å²) in [6.07, 6.45) is 0. The molecule has 0 radical (unpaired) electrons. The topological polar surface area (TPSA) is 38.0 Å². The fraction of sp³-hybridized carbons (Fsp3) is 0.111. The molecule has 0 bridgehead atoms. The van der Waals surface area contributed by atoms with Gasteiger partial charge in [-0.2, -0.15) is 0 Å². The van der Waals surface area contributed by atoms with Gasteiger partial charge in [0.2, 0.25) is 0 Å². The van der Waals surface area contributed by atoms with Crippen LogP contribution in [0.25, 0.3) is 0 Å². The van der Waals surface area contributed by atoms with E-state index < -0.39 is 0 Å². The van der Waals surface area contributed by atoms with Crippen LogP contribution in [0.2, 0.25) is 0 Å². The number of anilines is 2. The molecule has 0 amide bonds. The highest BCUT2D eigenvalue weighted by molar-refractivity contribution is 5.57. The van der Waals surface area contributed by atoms with E-state index in [0.29, 0.717) is 17.1 Å². The number of allylic oxidation sites excluding steroid dienone is 1. The number of nitrogens with one attached hydrogen (secondary N) is 1. The van der Waals surface area contributed by atoms with E-state index in [1.54, 1.807) is 6.92 Å². The first-order valence-corrected chi connectivity index (χ1v) is 3.57. The zero-order valence-electron chi connectivity index (χ0n) is 6.89. The highest BCUT2D eigenvalue weighted by Crippen LogP contribution is 2.18. The standard InChI is InChI=1S/C9H11FN2/c1-6(2)12-9-5-7(11)3-4-8(9)10/h3-5,12H,1,11H2,2H3. The Balaban J connectivity index is 2.97. The van der Waals surface area contributed by atoms with Crippen molar-refractivity contribution in [1.29, 1.82) is 0 Å². The molecule has 0 aliphatic carbocycles. The van der Waals surface area contributed by atoms with E-state index >= 15 is 0 Å². The summed E-state index contributed by atoms with van der Waals surface area (Å²) in [4.78, 5) is 0. The van der Waals surface area contributed by atoms with Crippen molar-refractivity contribution in [3.63, 3.8) is 0 Å². The summed E-state index contributed by atoms with van der Waals surface area (Å²) >= 11 is 0. The molecule has 1 rings (SSSR count). The number of benzene rings is 1. The number of rotatable bonds is 2. The predicted molar refractivity (Wildman–Crippen MR) is 49.2 cm³/mol. The summed E-state index contributed by atoms with van der Waals surface area (Å²) < 4.78 is 13.0. The number of halogens is 1. The minimum atomic E-state index is -0.327. The average molecular weight is 166 g/mol. The molecule has 64 valence electrons. The molecule has 12 heavy (non-hydrogen) atoms. The van der Waals surface area contributed by atoms with Crippen molar-refractivity contribution in [2.45, 2.75) is 6.92 Å². The molecule has 0 aliphatic heterocycles. The lowest BCUT2D eigenvalue weighted by Crippen LogP contribution is -1.97. The lowest BCUT2D eigenvalue weighted by Gasteiger charge is -2.06. The van der Waals surface area contributed by atoms with Gasteiger partial charge < -0.3 is 11.1 Å². The third kappa shape index (κ3) is 1.99. The lowest BCUT2D eigenvalue weighted by atomic mass is 10.2. The SMILES string of the molecule is C=C(C)Nc1cc(N)ccc1F.